The zero-order valence-corrected chi connectivity index (χ0v) is 20.5. The maximum Gasteiger partial charge on any atom is 0.150 e. The van der Waals surface area contributed by atoms with Gasteiger partial charge in [0.1, 0.15) is 23.0 Å². The van der Waals surface area contributed by atoms with Gasteiger partial charge in [0, 0.05) is 30.6 Å². The Balaban J connectivity index is 1.66. The van der Waals surface area contributed by atoms with Gasteiger partial charge in [-0.1, -0.05) is 12.1 Å². The van der Waals surface area contributed by atoms with Gasteiger partial charge >= 0.3 is 0 Å². The van der Waals surface area contributed by atoms with Gasteiger partial charge in [-0.3, -0.25) is 4.98 Å². The van der Waals surface area contributed by atoms with Crippen LogP contribution in [-0.4, -0.2) is 44.8 Å². The molecule has 2 aromatic heterocycles. The van der Waals surface area contributed by atoms with Crippen LogP contribution in [0.3, 0.4) is 0 Å². The third-order valence-electron chi connectivity index (χ3n) is 6.03. The number of pyridine rings is 1. The van der Waals surface area contributed by atoms with E-state index in [9.17, 15) is 9.50 Å². The van der Waals surface area contributed by atoms with Crippen molar-refractivity contribution in [3.63, 3.8) is 0 Å². The van der Waals surface area contributed by atoms with Crippen molar-refractivity contribution in [3.05, 3.63) is 59.0 Å². The molecule has 9 heteroatoms. The third kappa shape index (κ3) is 4.76. The number of halogens is 2. The van der Waals surface area contributed by atoms with E-state index in [0.29, 0.717) is 36.8 Å². The zero-order valence-electron chi connectivity index (χ0n) is 19.0. The second-order valence-electron chi connectivity index (χ2n) is 8.41. The van der Waals surface area contributed by atoms with E-state index >= 15 is 0 Å². The number of aromatic hydroxyl groups is 1. The van der Waals surface area contributed by atoms with E-state index in [2.05, 4.69) is 20.9 Å². The Hall–Kier alpha value is -3.01. The lowest BCUT2D eigenvalue weighted by Crippen LogP contribution is -2.19. The van der Waals surface area contributed by atoms with E-state index < -0.39 is 5.82 Å². The Morgan fingerprint density at radius 1 is 1.20 bits per heavy atom. The zero-order chi connectivity index (χ0) is 24.4. The standard InChI is InChI=1S/C26H25BrFN3O4/c27-18-9-8-16(13-23(18)34-12-4-10-32)26-17-14-20(25-19(28)5-3-6-22(25)33)29-15-21(17)31(30-26)24-7-1-2-11-35-24/h3,5-6,8-9,13-15,24,32-33H,1-2,4,7,10-12H2. The summed E-state index contributed by atoms with van der Waals surface area (Å²) in [7, 11) is 0. The molecule has 5 rings (SSSR count). The number of rotatable bonds is 7. The van der Waals surface area contributed by atoms with Gasteiger partial charge < -0.3 is 19.7 Å². The predicted octanol–water partition coefficient (Wildman–Crippen LogP) is 5.83. The van der Waals surface area contributed by atoms with Crippen molar-refractivity contribution in [2.75, 3.05) is 19.8 Å². The summed E-state index contributed by atoms with van der Waals surface area (Å²) in [5, 5.41) is 25.1. The van der Waals surface area contributed by atoms with E-state index in [0.717, 1.165) is 40.2 Å². The Morgan fingerprint density at radius 3 is 2.86 bits per heavy atom. The highest BCUT2D eigenvalue weighted by Gasteiger charge is 2.24. The summed E-state index contributed by atoms with van der Waals surface area (Å²) in [6.45, 7) is 1.09. The first kappa shape index (κ1) is 23.7. The second kappa shape index (κ2) is 10.3. The predicted molar refractivity (Wildman–Crippen MR) is 134 cm³/mol. The first-order valence-electron chi connectivity index (χ1n) is 11.6. The molecule has 0 aliphatic carbocycles. The van der Waals surface area contributed by atoms with Crippen molar-refractivity contribution >= 4 is 26.8 Å². The molecule has 4 aromatic rings. The van der Waals surface area contributed by atoms with E-state index in [1.165, 1.54) is 18.2 Å². The monoisotopic (exact) mass is 541 g/mol. The van der Waals surface area contributed by atoms with Crippen LogP contribution < -0.4 is 4.74 Å². The van der Waals surface area contributed by atoms with Crippen LogP contribution in [0.15, 0.2) is 53.1 Å². The summed E-state index contributed by atoms with van der Waals surface area (Å²) >= 11 is 3.52. The van der Waals surface area contributed by atoms with Crippen LogP contribution in [-0.2, 0) is 4.74 Å². The maximum atomic E-state index is 14.6. The lowest BCUT2D eigenvalue weighted by atomic mass is 10.0. The van der Waals surface area contributed by atoms with Crippen molar-refractivity contribution < 1.29 is 24.1 Å². The van der Waals surface area contributed by atoms with Gasteiger partial charge in [0.05, 0.1) is 34.1 Å². The highest BCUT2D eigenvalue weighted by Crippen LogP contribution is 2.38. The summed E-state index contributed by atoms with van der Waals surface area (Å²) in [5.74, 6) is -0.0946. The molecule has 35 heavy (non-hydrogen) atoms. The maximum absolute atomic E-state index is 14.6. The van der Waals surface area contributed by atoms with E-state index in [1.807, 2.05) is 22.9 Å². The lowest BCUT2D eigenvalue weighted by Gasteiger charge is -2.23. The first-order chi connectivity index (χ1) is 17.1. The molecule has 2 N–H and O–H groups in total. The lowest BCUT2D eigenvalue weighted by molar-refractivity contribution is -0.0365. The van der Waals surface area contributed by atoms with Crippen LogP contribution in [0, 0.1) is 5.82 Å². The van der Waals surface area contributed by atoms with E-state index in [-0.39, 0.29) is 24.1 Å². The number of hydrogen-bond acceptors (Lipinski definition) is 6. The quantitative estimate of drug-likeness (QED) is 0.286. The van der Waals surface area contributed by atoms with Crippen molar-refractivity contribution in [1.82, 2.24) is 14.8 Å². The number of nitrogens with zero attached hydrogens (tertiary/aromatic N) is 3. The van der Waals surface area contributed by atoms with E-state index in [4.69, 9.17) is 19.7 Å². The number of aliphatic hydroxyl groups is 1. The Morgan fingerprint density at radius 2 is 2.09 bits per heavy atom. The largest absolute Gasteiger partial charge is 0.507 e. The van der Waals surface area contributed by atoms with Crippen molar-refractivity contribution in [2.24, 2.45) is 0 Å². The molecular weight excluding hydrogens is 517 g/mol. The number of ether oxygens (including phenoxy) is 2. The molecule has 0 saturated carbocycles. The fourth-order valence-corrected chi connectivity index (χ4v) is 4.66. The van der Waals surface area contributed by atoms with Crippen LogP contribution in [0.2, 0.25) is 0 Å². The van der Waals surface area contributed by atoms with Crippen LogP contribution in [0.5, 0.6) is 11.5 Å². The smallest absolute Gasteiger partial charge is 0.150 e. The number of phenols is 1. The number of aliphatic hydroxyl groups excluding tert-OH is 1. The number of fused-ring (bicyclic) bond motifs is 1. The van der Waals surface area contributed by atoms with Gasteiger partial charge in [0.2, 0.25) is 0 Å². The minimum Gasteiger partial charge on any atom is -0.507 e. The summed E-state index contributed by atoms with van der Waals surface area (Å²) in [6.07, 6.45) is 4.85. The Bertz CT molecular complexity index is 1330. The van der Waals surface area contributed by atoms with Gasteiger partial charge in [-0.15, -0.1) is 0 Å². The minimum absolute atomic E-state index is 0.0471. The third-order valence-corrected chi connectivity index (χ3v) is 6.69. The molecule has 3 heterocycles. The molecule has 0 amide bonds. The minimum atomic E-state index is -0.551. The summed E-state index contributed by atoms with van der Waals surface area (Å²) in [4.78, 5) is 4.47. The number of phenolic OH excluding ortho intramolecular Hbond substituents is 1. The van der Waals surface area contributed by atoms with Crippen molar-refractivity contribution in [1.29, 1.82) is 0 Å². The van der Waals surface area contributed by atoms with Crippen LogP contribution >= 0.6 is 15.9 Å². The molecule has 1 atom stereocenters. The fraction of sp³-hybridized carbons (Fsp3) is 0.308. The average Bonchev–Trinajstić information content (AvgIpc) is 3.25. The number of benzene rings is 2. The molecule has 1 fully saturated rings. The van der Waals surface area contributed by atoms with Crippen LogP contribution in [0.1, 0.15) is 31.9 Å². The SMILES string of the molecule is OCCCOc1cc(-c2nn(C3CCCCO3)c3cnc(-c4c(O)cccc4F)cc23)ccc1Br. The second-order valence-corrected chi connectivity index (χ2v) is 9.26. The molecular formula is C26H25BrFN3O4. The van der Waals surface area contributed by atoms with E-state index in [1.54, 1.807) is 12.3 Å². The molecule has 2 aromatic carbocycles. The molecule has 0 spiro atoms. The first-order valence-corrected chi connectivity index (χ1v) is 12.4. The molecule has 1 aliphatic rings. The average molecular weight is 542 g/mol. The molecule has 1 saturated heterocycles. The normalized spacial score (nSPS) is 16.0. The summed E-state index contributed by atoms with van der Waals surface area (Å²) < 4.78 is 29.1. The van der Waals surface area contributed by atoms with Crippen LogP contribution in [0.4, 0.5) is 4.39 Å². The molecule has 7 nitrogen and oxygen atoms in total. The fourth-order valence-electron chi connectivity index (χ4n) is 4.30. The van der Waals surface area contributed by atoms with Crippen molar-refractivity contribution in [3.8, 4) is 34.0 Å². The van der Waals surface area contributed by atoms with Gasteiger partial charge in [-0.05, 0) is 65.5 Å². The highest BCUT2D eigenvalue weighted by atomic mass is 79.9. The molecule has 1 unspecified atom stereocenters. The molecule has 0 radical (unpaired) electrons. The summed E-state index contributed by atoms with van der Waals surface area (Å²) in [5.41, 5.74) is 2.60. The summed E-state index contributed by atoms with van der Waals surface area (Å²) in [6, 6.07) is 11.6. The van der Waals surface area contributed by atoms with Gasteiger partial charge in [-0.2, -0.15) is 5.10 Å². The van der Waals surface area contributed by atoms with Crippen LogP contribution in [0.25, 0.3) is 33.4 Å². The molecule has 1 aliphatic heterocycles. The Kier molecular flexibility index (Phi) is 6.99. The van der Waals surface area contributed by atoms with Crippen molar-refractivity contribution in [2.45, 2.75) is 31.9 Å². The number of hydrogen-bond donors (Lipinski definition) is 2. The van der Waals surface area contributed by atoms with Gasteiger partial charge in [0.15, 0.2) is 6.23 Å². The number of aromatic nitrogens is 3. The van der Waals surface area contributed by atoms with Gasteiger partial charge in [-0.25, -0.2) is 9.07 Å². The Labute approximate surface area is 210 Å². The molecule has 0 bridgehead atoms. The topological polar surface area (TPSA) is 89.6 Å². The molecule has 182 valence electrons. The van der Waals surface area contributed by atoms with Gasteiger partial charge in [0.25, 0.3) is 0 Å². The highest BCUT2D eigenvalue weighted by molar-refractivity contribution is 9.10.